The standard InChI is InChI=1S/C16H19Cl2FN4O5S.C16H21Cl2FN2O5S.C4H7ClO2.C4H7N3O2.3CH4.ClH.N3.Na/c1-29(26,27)11-6-4-10(5-7-11)14(12(9-19)22-16(25)15(17)18)28-13(24)3-2-8-21-23-20;1-27(24,25)11-6-4-10(5-7-11)14(26-13(22)3-2-8-20)12(9-19)21-16(23)15(17)18;5-3-1-2-4(6)7;5-7-6-3-1-2-4(8)9;;;;;1-3-2;/h4-7,12,14-15H,2-3,8-9H2,1H3,(H,22,25);4-7,12,14-15H,2-3,8-9,20H2,1H3,(H,21,23);1-3H2,(H,6,7);1-3H2,(H,8,9);3*1H4;1H;;/q;;;;;;;;-1;+1/t2*12-,14-;;;;;;;;/m11......../s1. The van der Waals surface area contributed by atoms with Crippen molar-refractivity contribution >= 4 is 113 Å². The average molecular weight is 1310 g/mol. The van der Waals surface area contributed by atoms with Crippen LogP contribution in [0.15, 0.2) is 68.6 Å². The number of carboxylic acids is 2. The second kappa shape index (κ2) is 53.9. The average Bonchev–Trinajstić information content (AvgIpc) is 3.35. The summed E-state index contributed by atoms with van der Waals surface area (Å²) in [4.78, 5) is 70.8. The SMILES string of the molecule is C.C.C.CS(=O)(=O)c1ccc([C@@H](OC(=O)CCCN=[N+]=[N-])[C@@H](CF)NC(=O)C(Cl)Cl)cc1.CS(=O)(=O)c1ccc([C@@H](OC(=O)CCC[NH3+])[C@@H](CF)NC(=O)C(Cl)Cl)cc1.O=C(O)CCCCl.[Cl-].[N-]=[N+]=NCCCC(=O)O.[N-]=[N+]=[N-].[Na+]. The molecule has 2 amide bonds. The number of azide groups is 2. The summed E-state index contributed by atoms with van der Waals surface area (Å²) in [6.45, 7) is -1.32. The Bertz CT molecular complexity index is 2450. The molecule has 4 atom stereocenters. The van der Waals surface area contributed by atoms with Gasteiger partial charge in [-0.15, -0.1) is 11.6 Å². The van der Waals surface area contributed by atoms with Crippen LogP contribution in [0.1, 0.15) is 97.0 Å². The van der Waals surface area contributed by atoms with Crippen LogP contribution >= 0.6 is 58.0 Å². The summed E-state index contributed by atoms with van der Waals surface area (Å²) in [5, 5.41) is 27.1. The molecule has 2 aromatic carbocycles. The molecule has 2 aromatic rings. The normalized spacial score (nSPS) is 11.2. The molecule has 0 saturated carbocycles. The number of quaternary nitrogens is 1. The van der Waals surface area contributed by atoms with Crippen molar-refractivity contribution in [2.24, 2.45) is 10.2 Å². The molecule has 0 bridgehead atoms. The molecule has 80 heavy (non-hydrogen) atoms. The molecule has 0 aliphatic carbocycles. The number of amides is 2. The molecule has 7 N–H and O–H groups in total. The first kappa shape index (κ1) is 92.1. The zero-order valence-electron chi connectivity index (χ0n) is 41.3. The Labute approximate surface area is 517 Å². The molecular formula is C43H67Cl6F2N12NaO14S2. The summed E-state index contributed by atoms with van der Waals surface area (Å²) in [6, 6.07) is 8.09. The van der Waals surface area contributed by atoms with E-state index >= 15 is 0 Å². The fourth-order valence-corrected chi connectivity index (χ4v) is 6.68. The minimum atomic E-state index is -3.47. The first-order valence-corrected chi connectivity index (χ1v) is 27.3. The van der Waals surface area contributed by atoms with Crippen LogP contribution in [-0.2, 0) is 57.9 Å². The fourth-order valence-electron chi connectivity index (χ4n) is 5.03. The van der Waals surface area contributed by atoms with E-state index in [2.05, 4.69) is 36.4 Å². The van der Waals surface area contributed by atoms with E-state index in [9.17, 15) is 54.4 Å². The van der Waals surface area contributed by atoms with Crippen LogP contribution in [0.5, 0.6) is 0 Å². The quantitative estimate of drug-likeness (QED) is 0.0156. The van der Waals surface area contributed by atoms with Gasteiger partial charge in [0.2, 0.25) is 0 Å². The Morgan fingerprint density at radius 3 is 1.16 bits per heavy atom. The zero-order valence-corrected chi connectivity index (χ0v) is 49.5. The van der Waals surface area contributed by atoms with Crippen LogP contribution in [0, 0.1) is 0 Å². The topological polar surface area (TPSA) is 438 Å². The molecule has 2 rings (SSSR count). The van der Waals surface area contributed by atoms with Crippen molar-refractivity contribution in [2.45, 2.75) is 117 Å². The molecule has 0 radical (unpaired) electrons. The van der Waals surface area contributed by atoms with Gasteiger partial charge in [0.25, 0.3) is 11.8 Å². The molecule has 0 spiro atoms. The molecular weight excluding hydrogens is 1250 g/mol. The Balaban J connectivity index is -0.000000156. The Kier molecular flexibility index (Phi) is 62.1. The van der Waals surface area contributed by atoms with Gasteiger partial charge < -0.3 is 59.5 Å². The summed E-state index contributed by atoms with van der Waals surface area (Å²) in [5.41, 5.74) is 33.7. The summed E-state index contributed by atoms with van der Waals surface area (Å²) in [7, 11) is -6.90. The van der Waals surface area contributed by atoms with Crippen LogP contribution in [0.4, 0.5) is 8.78 Å². The molecule has 0 aromatic heterocycles. The second-order valence-corrected chi connectivity index (χ2v) is 21.0. The van der Waals surface area contributed by atoms with Gasteiger partial charge in [-0.1, -0.05) is 103 Å². The maximum atomic E-state index is 13.6. The van der Waals surface area contributed by atoms with Crippen molar-refractivity contribution < 1.29 is 122 Å². The molecule has 0 aliphatic heterocycles. The van der Waals surface area contributed by atoms with Crippen molar-refractivity contribution in [2.75, 3.05) is 51.4 Å². The second-order valence-electron chi connectivity index (χ2n) is 14.4. The van der Waals surface area contributed by atoms with Gasteiger partial charge in [-0.2, -0.15) is 0 Å². The van der Waals surface area contributed by atoms with Crippen LogP contribution in [0.25, 0.3) is 36.9 Å². The fraction of sp³-hybridized carbons (Fsp3) is 0.581. The molecule has 26 nitrogen and oxygen atoms in total. The Morgan fingerprint density at radius 1 is 0.625 bits per heavy atom. The van der Waals surface area contributed by atoms with E-state index in [1.54, 1.807) is 0 Å². The van der Waals surface area contributed by atoms with Crippen LogP contribution in [0.2, 0.25) is 0 Å². The summed E-state index contributed by atoms with van der Waals surface area (Å²) >= 11 is 27.1. The van der Waals surface area contributed by atoms with E-state index in [1.807, 2.05) is 0 Å². The number of carbonyl (C=O) groups is 6. The van der Waals surface area contributed by atoms with E-state index in [1.165, 1.54) is 53.4 Å². The third-order valence-corrected chi connectivity index (χ3v) is 11.8. The number of rotatable bonds is 28. The van der Waals surface area contributed by atoms with Crippen molar-refractivity contribution in [1.29, 1.82) is 0 Å². The number of sulfone groups is 2. The number of carboxylic acid groups (broad SMARTS) is 2. The number of ether oxygens (including phenoxy) is 2. The van der Waals surface area contributed by atoms with Crippen LogP contribution in [-0.4, -0.2) is 136 Å². The van der Waals surface area contributed by atoms with E-state index < -0.39 is 103 Å². The van der Waals surface area contributed by atoms with Crippen LogP contribution in [0.3, 0.4) is 0 Å². The van der Waals surface area contributed by atoms with Crippen molar-refractivity contribution in [1.82, 2.24) is 10.6 Å². The van der Waals surface area contributed by atoms with Gasteiger partial charge in [0.15, 0.2) is 29.3 Å². The van der Waals surface area contributed by atoms with Gasteiger partial charge in [0.1, 0.15) is 25.6 Å². The predicted molar refractivity (Wildman–Crippen MR) is 293 cm³/mol. The predicted octanol–water partition coefficient (Wildman–Crippen LogP) is 3.01. The van der Waals surface area contributed by atoms with Crippen molar-refractivity contribution in [3.8, 4) is 0 Å². The molecule has 0 aliphatic rings. The van der Waals surface area contributed by atoms with Gasteiger partial charge in [-0.3, -0.25) is 33.7 Å². The third kappa shape index (κ3) is 46.3. The number of halogens is 8. The molecule has 452 valence electrons. The number of benzene rings is 2. The van der Waals surface area contributed by atoms with Crippen LogP contribution < -0.4 is 58.3 Å². The van der Waals surface area contributed by atoms with Crippen molar-refractivity contribution in [3.05, 3.63) is 96.5 Å². The first-order chi connectivity index (χ1) is 35.1. The van der Waals surface area contributed by atoms with E-state index in [0.717, 1.165) is 12.5 Å². The van der Waals surface area contributed by atoms with Gasteiger partial charge in [0, 0.05) is 67.0 Å². The molecule has 37 heteroatoms. The van der Waals surface area contributed by atoms with Gasteiger partial charge in [-0.25, -0.2) is 25.6 Å². The number of carbonyl (C=O) groups excluding carboxylic acids is 4. The molecule has 0 heterocycles. The van der Waals surface area contributed by atoms with E-state index in [-0.39, 0.29) is 125 Å². The first-order valence-electron chi connectivity index (χ1n) is 21.2. The third-order valence-electron chi connectivity index (χ3n) is 8.47. The van der Waals surface area contributed by atoms with E-state index in [0.29, 0.717) is 37.3 Å². The Morgan fingerprint density at radius 2 is 0.925 bits per heavy atom. The number of nitrogens with one attached hydrogen (secondary N) is 2. The summed E-state index contributed by atoms with van der Waals surface area (Å²) in [6.07, 6.45) is 1.50. The smallest absolute Gasteiger partial charge is 1.00 e. The number of hydrogen-bond donors (Lipinski definition) is 5. The van der Waals surface area contributed by atoms with Gasteiger partial charge >= 0.3 is 53.4 Å². The largest absolute Gasteiger partial charge is 1.00 e. The molecule has 0 fully saturated rings. The van der Waals surface area contributed by atoms with Gasteiger partial charge in [0.05, 0.1) is 34.8 Å². The number of alkyl halides is 7. The number of aliphatic carboxylic acids is 2. The summed E-state index contributed by atoms with van der Waals surface area (Å²) < 4.78 is 84.3. The minimum Gasteiger partial charge on any atom is -1.00 e. The monoisotopic (exact) mass is 1310 g/mol. The zero-order chi connectivity index (χ0) is 58.2. The van der Waals surface area contributed by atoms with Gasteiger partial charge in [-0.05, 0) is 65.7 Å². The van der Waals surface area contributed by atoms with Crippen molar-refractivity contribution in [3.63, 3.8) is 0 Å². The minimum absolute atomic E-state index is 0. The number of hydrogen-bond acceptors (Lipinski definition) is 14. The number of nitrogens with zero attached hydrogens (tertiary/aromatic N) is 9. The maximum Gasteiger partial charge on any atom is 1.00 e. The molecule has 0 saturated heterocycles. The number of esters is 2. The summed E-state index contributed by atoms with van der Waals surface area (Å²) in [5.74, 6) is -4.25. The molecule has 0 unspecified atom stereocenters. The van der Waals surface area contributed by atoms with E-state index in [4.69, 9.17) is 99.8 Å². The Hall–Kier alpha value is -4.35. The maximum absolute atomic E-state index is 13.6.